The van der Waals surface area contributed by atoms with E-state index in [4.69, 9.17) is 14.2 Å². The smallest absolute Gasteiger partial charge is 0.337 e. The topological polar surface area (TPSA) is 54.0 Å². The SMILES string of the molecule is COCCOCc1cc(OC)cc(C(=O)OC)c1. The zero-order valence-electron chi connectivity index (χ0n) is 10.9. The van der Waals surface area contributed by atoms with Crippen LogP contribution in [0.4, 0.5) is 0 Å². The van der Waals surface area contributed by atoms with Crippen LogP contribution >= 0.6 is 0 Å². The maximum absolute atomic E-state index is 11.5. The molecular formula is C13H18O5. The summed E-state index contributed by atoms with van der Waals surface area (Å²) in [6.07, 6.45) is 0. The van der Waals surface area contributed by atoms with Crippen molar-refractivity contribution in [2.45, 2.75) is 6.61 Å². The first-order valence-electron chi connectivity index (χ1n) is 5.54. The molecule has 0 bridgehead atoms. The van der Waals surface area contributed by atoms with Gasteiger partial charge in [0.25, 0.3) is 0 Å². The highest BCUT2D eigenvalue weighted by atomic mass is 16.5. The lowest BCUT2D eigenvalue weighted by Crippen LogP contribution is -2.05. The molecule has 0 aromatic heterocycles. The molecule has 0 aliphatic rings. The van der Waals surface area contributed by atoms with Crippen molar-refractivity contribution >= 4 is 5.97 Å². The lowest BCUT2D eigenvalue weighted by molar-refractivity contribution is 0.0591. The lowest BCUT2D eigenvalue weighted by atomic mass is 10.1. The van der Waals surface area contributed by atoms with Gasteiger partial charge in [-0.1, -0.05) is 0 Å². The van der Waals surface area contributed by atoms with Crippen LogP contribution in [-0.2, 0) is 20.8 Å². The third kappa shape index (κ3) is 4.35. The van der Waals surface area contributed by atoms with E-state index in [0.717, 1.165) is 5.56 Å². The fourth-order valence-electron chi connectivity index (χ4n) is 1.43. The van der Waals surface area contributed by atoms with E-state index in [1.54, 1.807) is 26.4 Å². The first-order valence-corrected chi connectivity index (χ1v) is 5.54. The van der Waals surface area contributed by atoms with Crippen LogP contribution in [-0.4, -0.2) is 40.5 Å². The molecule has 1 rings (SSSR count). The zero-order chi connectivity index (χ0) is 13.4. The van der Waals surface area contributed by atoms with Crippen LogP contribution in [0.1, 0.15) is 15.9 Å². The number of hydrogen-bond donors (Lipinski definition) is 0. The maximum atomic E-state index is 11.5. The van der Waals surface area contributed by atoms with Crippen molar-refractivity contribution in [3.8, 4) is 5.75 Å². The summed E-state index contributed by atoms with van der Waals surface area (Å²) in [6.45, 7) is 1.43. The van der Waals surface area contributed by atoms with Crippen molar-refractivity contribution in [3.63, 3.8) is 0 Å². The Morgan fingerprint density at radius 2 is 1.89 bits per heavy atom. The van der Waals surface area contributed by atoms with E-state index in [1.807, 2.05) is 6.07 Å². The quantitative estimate of drug-likeness (QED) is 0.547. The van der Waals surface area contributed by atoms with Gasteiger partial charge < -0.3 is 18.9 Å². The number of benzene rings is 1. The highest BCUT2D eigenvalue weighted by Gasteiger charge is 2.09. The van der Waals surface area contributed by atoms with E-state index in [9.17, 15) is 4.79 Å². The summed E-state index contributed by atoms with van der Waals surface area (Å²) in [6, 6.07) is 5.17. The Labute approximate surface area is 107 Å². The normalized spacial score (nSPS) is 10.2. The predicted octanol–water partition coefficient (Wildman–Crippen LogP) is 1.64. The van der Waals surface area contributed by atoms with E-state index in [0.29, 0.717) is 31.1 Å². The monoisotopic (exact) mass is 254 g/mol. The van der Waals surface area contributed by atoms with Gasteiger partial charge in [-0.25, -0.2) is 4.79 Å². The molecule has 0 saturated heterocycles. The summed E-state index contributed by atoms with van der Waals surface area (Å²) in [7, 11) is 4.51. The highest BCUT2D eigenvalue weighted by molar-refractivity contribution is 5.90. The third-order valence-electron chi connectivity index (χ3n) is 2.32. The molecule has 0 aliphatic carbocycles. The second-order valence-electron chi connectivity index (χ2n) is 3.61. The molecular weight excluding hydrogens is 236 g/mol. The van der Waals surface area contributed by atoms with Crippen molar-refractivity contribution in [1.29, 1.82) is 0 Å². The molecule has 100 valence electrons. The average molecular weight is 254 g/mol. The summed E-state index contributed by atoms with van der Waals surface area (Å²) in [5, 5.41) is 0. The molecule has 0 spiro atoms. The van der Waals surface area contributed by atoms with E-state index >= 15 is 0 Å². The minimum Gasteiger partial charge on any atom is -0.497 e. The third-order valence-corrected chi connectivity index (χ3v) is 2.32. The van der Waals surface area contributed by atoms with Crippen molar-refractivity contribution in [2.24, 2.45) is 0 Å². The molecule has 0 heterocycles. The molecule has 5 heteroatoms. The van der Waals surface area contributed by atoms with Crippen molar-refractivity contribution < 1.29 is 23.7 Å². The molecule has 1 aromatic rings. The molecule has 0 unspecified atom stereocenters. The molecule has 0 N–H and O–H groups in total. The Morgan fingerprint density at radius 3 is 2.50 bits per heavy atom. The fraction of sp³-hybridized carbons (Fsp3) is 0.462. The molecule has 0 amide bonds. The summed E-state index contributed by atoms with van der Waals surface area (Å²) in [4.78, 5) is 11.5. The number of rotatable bonds is 7. The van der Waals surface area contributed by atoms with Crippen LogP contribution in [0.2, 0.25) is 0 Å². The zero-order valence-corrected chi connectivity index (χ0v) is 10.9. The Bertz CT molecular complexity index is 389. The first kappa shape index (κ1) is 14.5. The van der Waals surface area contributed by atoms with Crippen LogP contribution in [0, 0.1) is 0 Å². The van der Waals surface area contributed by atoms with Crippen molar-refractivity contribution in [3.05, 3.63) is 29.3 Å². The molecule has 0 aliphatic heterocycles. The van der Waals surface area contributed by atoms with Crippen molar-refractivity contribution in [2.75, 3.05) is 34.5 Å². The van der Waals surface area contributed by atoms with Gasteiger partial charge in [0, 0.05) is 7.11 Å². The van der Waals surface area contributed by atoms with Gasteiger partial charge in [0.1, 0.15) is 5.75 Å². The maximum Gasteiger partial charge on any atom is 0.337 e. The second kappa shape index (κ2) is 7.68. The van der Waals surface area contributed by atoms with E-state index in [-0.39, 0.29) is 0 Å². The van der Waals surface area contributed by atoms with Gasteiger partial charge in [-0.05, 0) is 23.8 Å². The van der Waals surface area contributed by atoms with Gasteiger partial charge in [-0.3, -0.25) is 0 Å². The molecule has 0 atom stereocenters. The number of carbonyl (C=O) groups is 1. The van der Waals surface area contributed by atoms with E-state index in [1.165, 1.54) is 7.11 Å². The second-order valence-corrected chi connectivity index (χ2v) is 3.61. The summed E-state index contributed by atoms with van der Waals surface area (Å²) in [5.41, 5.74) is 1.30. The van der Waals surface area contributed by atoms with Crippen LogP contribution in [0.3, 0.4) is 0 Å². The van der Waals surface area contributed by atoms with Gasteiger partial charge in [0.05, 0.1) is 39.6 Å². The summed E-state index contributed by atoms with van der Waals surface area (Å²) >= 11 is 0. The largest absolute Gasteiger partial charge is 0.497 e. The number of esters is 1. The van der Waals surface area contributed by atoms with Gasteiger partial charge >= 0.3 is 5.97 Å². The highest BCUT2D eigenvalue weighted by Crippen LogP contribution is 2.18. The van der Waals surface area contributed by atoms with E-state index in [2.05, 4.69) is 4.74 Å². The minimum absolute atomic E-state index is 0.393. The number of ether oxygens (including phenoxy) is 4. The summed E-state index contributed by atoms with van der Waals surface area (Å²) < 4.78 is 20.1. The lowest BCUT2D eigenvalue weighted by Gasteiger charge is -2.08. The van der Waals surface area contributed by atoms with Crippen LogP contribution in [0.15, 0.2) is 18.2 Å². The molecule has 0 radical (unpaired) electrons. The van der Waals surface area contributed by atoms with Gasteiger partial charge in [-0.15, -0.1) is 0 Å². The van der Waals surface area contributed by atoms with Gasteiger partial charge in [0.2, 0.25) is 0 Å². The minimum atomic E-state index is -0.396. The molecule has 18 heavy (non-hydrogen) atoms. The Morgan fingerprint density at radius 1 is 1.11 bits per heavy atom. The van der Waals surface area contributed by atoms with Crippen LogP contribution in [0.25, 0.3) is 0 Å². The standard InChI is InChI=1S/C13H18O5/c1-15-4-5-18-9-10-6-11(13(14)17-3)8-12(7-10)16-2/h6-8H,4-5,9H2,1-3H3. The van der Waals surface area contributed by atoms with Crippen LogP contribution < -0.4 is 4.74 Å². The molecule has 5 nitrogen and oxygen atoms in total. The van der Waals surface area contributed by atoms with Crippen LogP contribution in [0.5, 0.6) is 5.75 Å². The Hall–Kier alpha value is -1.59. The number of hydrogen-bond acceptors (Lipinski definition) is 5. The van der Waals surface area contributed by atoms with Crippen molar-refractivity contribution in [1.82, 2.24) is 0 Å². The molecule has 0 saturated carbocycles. The fourth-order valence-corrected chi connectivity index (χ4v) is 1.43. The first-order chi connectivity index (χ1) is 8.71. The number of methoxy groups -OCH3 is 3. The van der Waals surface area contributed by atoms with Gasteiger partial charge in [-0.2, -0.15) is 0 Å². The Kier molecular flexibility index (Phi) is 6.18. The summed E-state index contributed by atoms with van der Waals surface area (Å²) in [5.74, 6) is 0.204. The molecule has 0 fully saturated rings. The van der Waals surface area contributed by atoms with E-state index < -0.39 is 5.97 Å². The predicted molar refractivity (Wildman–Crippen MR) is 65.9 cm³/mol. The Balaban J connectivity index is 2.74. The molecule has 1 aromatic carbocycles. The number of carbonyl (C=O) groups excluding carboxylic acids is 1. The average Bonchev–Trinajstić information content (AvgIpc) is 2.42. The van der Waals surface area contributed by atoms with Gasteiger partial charge in [0.15, 0.2) is 0 Å².